The van der Waals surface area contributed by atoms with E-state index in [-0.39, 0.29) is 0 Å². The van der Waals surface area contributed by atoms with Crippen molar-refractivity contribution in [1.29, 1.82) is 0 Å². The average molecular weight is 361 g/mol. The van der Waals surface area contributed by atoms with Gasteiger partial charge in [0.05, 0.1) is 33.5 Å². The number of aliphatic imine (C=N–C) groups is 1. The number of hydrogen-bond acceptors (Lipinski definition) is 4. The van der Waals surface area contributed by atoms with E-state index in [4.69, 9.17) is 19.2 Å². The van der Waals surface area contributed by atoms with Crippen molar-refractivity contribution < 1.29 is 14.2 Å². The van der Waals surface area contributed by atoms with Crippen LogP contribution in [0.4, 0.5) is 0 Å². The molecule has 0 aromatic heterocycles. The van der Waals surface area contributed by atoms with E-state index >= 15 is 0 Å². The van der Waals surface area contributed by atoms with E-state index in [9.17, 15) is 0 Å². The molecule has 26 heavy (non-hydrogen) atoms. The number of rotatable bonds is 7. The SMILES string of the molecule is CCNC(=NCCOCc1cccc(OC)c1)N1CCC2(CCOC2)C1. The van der Waals surface area contributed by atoms with E-state index in [1.54, 1.807) is 7.11 Å². The van der Waals surface area contributed by atoms with Gasteiger partial charge in [0.15, 0.2) is 5.96 Å². The van der Waals surface area contributed by atoms with E-state index in [1.807, 2.05) is 24.3 Å². The lowest BCUT2D eigenvalue weighted by molar-refractivity contribution is 0.128. The molecular formula is C20H31N3O3. The minimum absolute atomic E-state index is 0.346. The van der Waals surface area contributed by atoms with E-state index in [0.717, 1.165) is 50.1 Å². The molecule has 144 valence electrons. The first-order chi connectivity index (χ1) is 12.7. The maximum absolute atomic E-state index is 5.77. The Morgan fingerprint density at radius 1 is 1.38 bits per heavy atom. The molecule has 1 aromatic carbocycles. The third-order valence-corrected chi connectivity index (χ3v) is 5.16. The van der Waals surface area contributed by atoms with Gasteiger partial charge in [-0.1, -0.05) is 12.1 Å². The lowest BCUT2D eigenvalue weighted by Gasteiger charge is -2.25. The summed E-state index contributed by atoms with van der Waals surface area (Å²) >= 11 is 0. The molecule has 0 radical (unpaired) electrons. The summed E-state index contributed by atoms with van der Waals surface area (Å²) in [5.41, 5.74) is 1.46. The van der Waals surface area contributed by atoms with Crippen molar-refractivity contribution in [1.82, 2.24) is 10.2 Å². The molecule has 2 aliphatic rings. The fourth-order valence-corrected chi connectivity index (χ4v) is 3.68. The lowest BCUT2D eigenvalue weighted by Crippen LogP contribution is -2.41. The number of hydrogen-bond donors (Lipinski definition) is 1. The Balaban J connectivity index is 1.45. The Labute approximate surface area is 156 Å². The molecule has 6 nitrogen and oxygen atoms in total. The molecule has 1 N–H and O–H groups in total. The molecule has 2 heterocycles. The second-order valence-corrected chi connectivity index (χ2v) is 7.11. The second-order valence-electron chi connectivity index (χ2n) is 7.11. The number of ether oxygens (including phenoxy) is 3. The maximum Gasteiger partial charge on any atom is 0.194 e. The van der Waals surface area contributed by atoms with Gasteiger partial charge in [0, 0.05) is 31.7 Å². The Hall–Kier alpha value is -1.79. The second kappa shape index (κ2) is 9.24. The van der Waals surface area contributed by atoms with Crippen LogP contribution in [-0.2, 0) is 16.1 Å². The van der Waals surface area contributed by atoms with Gasteiger partial charge in [0.1, 0.15) is 5.75 Å². The largest absolute Gasteiger partial charge is 0.497 e. The standard InChI is InChI=1S/C20H31N3O3/c1-3-21-19(23-10-7-20(15-23)8-11-26-16-20)22-9-12-25-14-17-5-4-6-18(13-17)24-2/h4-6,13H,3,7-12,14-16H2,1-2H3,(H,21,22). The summed E-state index contributed by atoms with van der Waals surface area (Å²) in [4.78, 5) is 7.13. The molecule has 0 amide bonds. The van der Waals surface area contributed by atoms with Gasteiger partial charge in [-0.15, -0.1) is 0 Å². The number of methoxy groups -OCH3 is 1. The van der Waals surface area contributed by atoms with Crippen LogP contribution in [0.3, 0.4) is 0 Å². The molecule has 1 spiro atoms. The summed E-state index contributed by atoms with van der Waals surface area (Å²) in [5, 5.41) is 3.42. The number of nitrogens with zero attached hydrogens (tertiary/aromatic N) is 2. The average Bonchev–Trinajstić information content (AvgIpc) is 3.31. The zero-order valence-electron chi connectivity index (χ0n) is 16.0. The molecule has 1 unspecified atom stereocenters. The van der Waals surface area contributed by atoms with E-state index in [1.165, 1.54) is 12.8 Å². The molecule has 6 heteroatoms. The first-order valence-corrected chi connectivity index (χ1v) is 9.56. The van der Waals surface area contributed by atoms with Crippen LogP contribution in [0.2, 0.25) is 0 Å². The first kappa shape index (κ1) is 19.0. The fraction of sp³-hybridized carbons (Fsp3) is 0.650. The number of likely N-dealkylation sites (tertiary alicyclic amines) is 1. The molecule has 0 aliphatic carbocycles. The van der Waals surface area contributed by atoms with Crippen LogP contribution in [0, 0.1) is 5.41 Å². The van der Waals surface area contributed by atoms with E-state index in [0.29, 0.717) is 25.2 Å². The van der Waals surface area contributed by atoms with Crippen LogP contribution in [-0.4, -0.2) is 64.0 Å². The zero-order chi connectivity index (χ0) is 18.2. The minimum atomic E-state index is 0.346. The molecule has 1 aromatic rings. The first-order valence-electron chi connectivity index (χ1n) is 9.56. The molecule has 2 fully saturated rings. The highest BCUT2D eigenvalue weighted by molar-refractivity contribution is 5.80. The molecule has 1 atom stereocenters. The molecule has 0 bridgehead atoms. The molecular weight excluding hydrogens is 330 g/mol. The highest BCUT2D eigenvalue weighted by Crippen LogP contribution is 2.38. The van der Waals surface area contributed by atoms with Crippen LogP contribution in [0.25, 0.3) is 0 Å². The molecule has 3 rings (SSSR count). The van der Waals surface area contributed by atoms with Crippen LogP contribution < -0.4 is 10.1 Å². The van der Waals surface area contributed by atoms with Crippen molar-refractivity contribution in [2.24, 2.45) is 10.4 Å². The van der Waals surface area contributed by atoms with Gasteiger partial charge in [-0.3, -0.25) is 4.99 Å². The third-order valence-electron chi connectivity index (χ3n) is 5.16. The summed E-state index contributed by atoms with van der Waals surface area (Å²) in [6.07, 6.45) is 2.37. The molecule has 0 saturated carbocycles. The maximum atomic E-state index is 5.77. The summed E-state index contributed by atoms with van der Waals surface area (Å²) in [5.74, 6) is 1.86. The quantitative estimate of drug-likeness (QED) is 0.459. The Morgan fingerprint density at radius 2 is 2.31 bits per heavy atom. The number of benzene rings is 1. The van der Waals surface area contributed by atoms with Crippen molar-refractivity contribution in [3.63, 3.8) is 0 Å². The van der Waals surface area contributed by atoms with Crippen LogP contribution >= 0.6 is 0 Å². The summed E-state index contributed by atoms with van der Waals surface area (Å²) in [6.45, 7) is 8.73. The summed E-state index contributed by atoms with van der Waals surface area (Å²) in [7, 11) is 1.68. The predicted octanol–water partition coefficient (Wildman–Crippen LogP) is 2.29. The number of nitrogens with one attached hydrogen (secondary N) is 1. The van der Waals surface area contributed by atoms with Crippen molar-refractivity contribution in [3.05, 3.63) is 29.8 Å². The molecule has 2 aliphatic heterocycles. The Bertz CT molecular complexity index is 600. The van der Waals surface area contributed by atoms with Crippen molar-refractivity contribution in [2.75, 3.05) is 53.1 Å². The van der Waals surface area contributed by atoms with Crippen LogP contribution in [0.1, 0.15) is 25.3 Å². The monoisotopic (exact) mass is 361 g/mol. The normalized spacial score (nSPS) is 23.0. The van der Waals surface area contributed by atoms with Crippen LogP contribution in [0.15, 0.2) is 29.3 Å². The Morgan fingerprint density at radius 3 is 3.08 bits per heavy atom. The van der Waals surface area contributed by atoms with Gasteiger partial charge in [0.25, 0.3) is 0 Å². The van der Waals surface area contributed by atoms with Gasteiger partial charge in [0.2, 0.25) is 0 Å². The van der Waals surface area contributed by atoms with Crippen molar-refractivity contribution in [3.8, 4) is 5.75 Å². The smallest absolute Gasteiger partial charge is 0.194 e. The van der Waals surface area contributed by atoms with Gasteiger partial charge < -0.3 is 24.4 Å². The van der Waals surface area contributed by atoms with Gasteiger partial charge >= 0.3 is 0 Å². The van der Waals surface area contributed by atoms with Gasteiger partial charge in [-0.05, 0) is 37.5 Å². The van der Waals surface area contributed by atoms with Crippen molar-refractivity contribution in [2.45, 2.75) is 26.4 Å². The highest BCUT2D eigenvalue weighted by atomic mass is 16.5. The molecule has 2 saturated heterocycles. The van der Waals surface area contributed by atoms with Crippen LogP contribution in [0.5, 0.6) is 5.75 Å². The van der Waals surface area contributed by atoms with Gasteiger partial charge in [-0.25, -0.2) is 0 Å². The zero-order valence-corrected chi connectivity index (χ0v) is 16.0. The lowest BCUT2D eigenvalue weighted by atomic mass is 9.87. The third kappa shape index (κ3) is 4.89. The fourth-order valence-electron chi connectivity index (χ4n) is 3.68. The topological polar surface area (TPSA) is 55.3 Å². The van der Waals surface area contributed by atoms with Crippen molar-refractivity contribution >= 4 is 5.96 Å². The van der Waals surface area contributed by atoms with E-state index < -0.39 is 0 Å². The summed E-state index contributed by atoms with van der Waals surface area (Å²) in [6, 6.07) is 7.97. The number of guanidine groups is 1. The summed E-state index contributed by atoms with van der Waals surface area (Å²) < 4.78 is 16.6. The van der Waals surface area contributed by atoms with E-state index in [2.05, 4.69) is 17.1 Å². The predicted molar refractivity (Wildman–Crippen MR) is 103 cm³/mol. The van der Waals surface area contributed by atoms with Gasteiger partial charge in [-0.2, -0.15) is 0 Å². The highest BCUT2D eigenvalue weighted by Gasteiger charge is 2.42. The Kier molecular flexibility index (Phi) is 6.74. The minimum Gasteiger partial charge on any atom is -0.497 e.